The second-order valence-electron chi connectivity index (χ2n) is 8.70. The zero-order valence-corrected chi connectivity index (χ0v) is 21.2. The molecule has 0 bridgehead atoms. The van der Waals surface area contributed by atoms with Gasteiger partial charge in [-0.2, -0.15) is 13.2 Å². The zero-order chi connectivity index (χ0) is 27.4. The van der Waals surface area contributed by atoms with E-state index in [-0.39, 0.29) is 36.8 Å². The van der Waals surface area contributed by atoms with E-state index >= 15 is 0 Å². The van der Waals surface area contributed by atoms with Gasteiger partial charge in [0, 0.05) is 23.6 Å². The fourth-order valence-corrected chi connectivity index (χ4v) is 4.13. The molecule has 1 aromatic heterocycles. The van der Waals surface area contributed by atoms with Crippen LogP contribution in [0.3, 0.4) is 0 Å². The Hall–Kier alpha value is -3.47. The minimum absolute atomic E-state index is 0.000912. The number of benzene rings is 2. The first-order valence-corrected chi connectivity index (χ1v) is 13.2. The van der Waals surface area contributed by atoms with Crippen molar-refractivity contribution < 1.29 is 35.5 Å². The number of aromatic nitrogens is 1. The van der Waals surface area contributed by atoms with Crippen molar-refractivity contribution in [3.8, 4) is 5.88 Å². The number of alkyl halides is 3. The van der Waals surface area contributed by atoms with Crippen molar-refractivity contribution in [3.63, 3.8) is 0 Å². The van der Waals surface area contributed by atoms with Crippen LogP contribution in [0.25, 0.3) is 0 Å². The van der Waals surface area contributed by atoms with E-state index in [0.29, 0.717) is 22.4 Å². The van der Waals surface area contributed by atoms with E-state index in [9.17, 15) is 30.8 Å². The quantitative estimate of drug-likeness (QED) is 0.330. The van der Waals surface area contributed by atoms with Gasteiger partial charge in [0.15, 0.2) is 0 Å². The van der Waals surface area contributed by atoms with Gasteiger partial charge in [0.1, 0.15) is 18.2 Å². The van der Waals surface area contributed by atoms with E-state index in [0.717, 1.165) is 24.5 Å². The van der Waals surface area contributed by atoms with Crippen molar-refractivity contribution in [2.45, 2.75) is 45.4 Å². The number of sulfonamides is 1. The van der Waals surface area contributed by atoms with Crippen LogP contribution in [0.1, 0.15) is 47.2 Å². The average molecular weight is 539 g/mol. The number of anilines is 1. The topological polar surface area (TPSA) is 85.4 Å². The third-order valence-corrected chi connectivity index (χ3v) is 6.24. The molecule has 1 N–H and O–H groups in total. The molecule has 0 saturated heterocycles. The van der Waals surface area contributed by atoms with Crippen LogP contribution in [0.5, 0.6) is 5.88 Å². The van der Waals surface area contributed by atoms with Gasteiger partial charge in [-0.3, -0.25) is 9.52 Å². The summed E-state index contributed by atoms with van der Waals surface area (Å²) in [6.07, 6.45) is -3.12. The van der Waals surface area contributed by atoms with Crippen molar-refractivity contribution in [2.24, 2.45) is 0 Å². The van der Waals surface area contributed by atoms with Gasteiger partial charge in [0.25, 0.3) is 0 Å². The molecule has 6 nitrogen and oxygen atoms in total. The van der Waals surface area contributed by atoms with E-state index in [2.05, 4.69) is 9.71 Å². The Morgan fingerprint density at radius 3 is 2.35 bits per heavy atom. The molecule has 3 rings (SSSR count). The molecule has 1 unspecified atom stereocenters. The summed E-state index contributed by atoms with van der Waals surface area (Å²) < 4.78 is 83.2. The van der Waals surface area contributed by atoms with E-state index in [1.807, 2.05) is 0 Å². The maximum Gasteiger partial charge on any atom is 0.416 e. The number of pyridine rings is 1. The van der Waals surface area contributed by atoms with Crippen LogP contribution in [0, 0.1) is 12.7 Å². The summed E-state index contributed by atoms with van der Waals surface area (Å²) in [6.45, 7) is 3.40. The van der Waals surface area contributed by atoms with Crippen LogP contribution < -0.4 is 9.46 Å². The Kier molecular flexibility index (Phi) is 8.57. The summed E-state index contributed by atoms with van der Waals surface area (Å²) in [4.78, 5) is 17.2. The summed E-state index contributed by atoms with van der Waals surface area (Å²) in [6, 6.07) is 12.1. The molecular formula is C26H26F4N2O4S. The molecule has 0 spiro atoms. The lowest BCUT2D eigenvalue weighted by molar-refractivity contribution is -0.137. The lowest BCUT2D eigenvalue weighted by atomic mass is 9.93. The Bertz CT molecular complexity index is 1370. The fraction of sp³-hybridized carbons (Fsp3) is 0.308. The normalized spacial score (nSPS) is 12.7. The highest BCUT2D eigenvalue weighted by Crippen LogP contribution is 2.30. The number of carbonyl (C=O) groups excluding carboxylic acids is 1. The smallest absolute Gasteiger partial charge is 0.416 e. The molecule has 0 aliphatic carbocycles. The summed E-state index contributed by atoms with van der Waals surface area (Å²) >= 11 is 0. The third kappa shape index (κ3) is 8.01. The number of carbonyl (C=O) groups is 1. The van der Waals surface area contributed by atoms with Gasteiger partial charge in [-0.15, -0.1) is 0 Å². The van der Waals surface area contributed by atoms with E-state index in [4.69, 9.17) is 4.74 Å². The minimum atomic E-state index is -4.42. The Morgan fingerprint density at radius 2 is 1.76 bits per heavy atom. The highest BCUT2D eigenvalue weighted by Gasteiger charge is 2.30. The van der Waals surface area contributed by atoms with Crippen molar-refractivity contribution >= 4 is 21.5 Å². The molecule has 37 heavy (non-hydrogen) atoms. The molecule has 2 aromatic carbocycles. The highest BCUT2D eigenvalue weighted by molar-refractivity contribution is 7.92. The van der Waals surface area contributed by atoms with Crippen LogP contribution in [0.4, 0.5) is 23.2 Å². The second kappa shape index (κ2) is 11.3. The second-order valence-corrected chi connectivity index (χ2v) is 10.5. The largest absolute Gasteiger partial charge is 0.473 e. The van der Waals surface area contributed by atoms with Crippen LogP contribution >= 0.6 is 0 Å². The molecule has 3 aromatic rings. The van der Waals surface area contributed by atoms with E-state index in [1.54, 1.807) is 26.0 Å². The van der Waals surface area contributed by atoms with Gasteiger partial charge in [-0.25, -0.2) is 17.8 Å². The van der Waals surface area contributed by atoms with E-state index in [1.165, 1.54) is 24.3 Å². The van der Waals surface area contributed by atoms with Gasteiger partial charge < -0.3 is 4.74 Å². The number of Topliss-reactive ketones (excluding diaryl/α,β-unsaturated/α-hetero) is 1. The summed E-state index contributed by atoms with van der Waals surface area (Å²) in [7, 11) is -3.65. The summed E-state index contributed by atoms with van der Waals surface area (Å²) in [5.41, 5.74) is 1.30. The van der Waals surface area contributed by atoms with Crippen LogP contribution in [0.2, 0.25) is 0 Å². The van der Waals surface area contributed by atoms with Crippen LogP contribution in [-0.2, 0) is 34.0 Å². The first kappa shape index (κ1) is 28.1. The van der Waals surface area contributed by atoms with Crippen molar-refractivity contribution in [3.05, 3.63) is 88.4 Å². The molecule has 1 heterocycles. The summed E-state index contributed by atoms with van der Waals surface area (Å²) in [5, 5.41) is 0. The van der Waals surface area contributed by atoms with Crippen LogP contribution in [-0.4, -0.2) is 25.4 Å². The van der Waals surface area contributed by atoms with Crippen molar-refractivity contribution in [2.75, 3.05) is 11.0 Å². The zero-order valence-electron chi connectivity index (χ0n) is 20.4. The number of ketones is 1. The molecule has 0 fully saturated rings. The standard InChI is InChI=1S/C26H26F4N2O4S/c1-16-4-7-19(25(31-16)36-15-18-5-10-21(11-6-18)26(28,29)30)9-13-24(33)17(2)20-8-12-23(22(27)14-20)32-37(3,34)35/h4-8,10-12,14,17,32H,9,13,15H2,1-3H3. The van der Waals surface area contributed by atoms with Gasteiger partial charge >= 0.3 is 6.18 Å². The predicted molar refractivity (Wildman–Crippen MR) is 131 cm³/mol. The number of hydrogen-bond acceptors (Lipinski definition) is 5. The Labute approximate surface area is 212 Å². The van der Waals surface area contributed by atoms with Crippen molar-refractivity contribution in [1.82, 2.24) is 4.98 Å². The third-order valence-electron chi connectivity index (χ3n) is 5.65. The van der Waals surface area contributed by atoms with E-state index < -0.39 is 33.5 Å². The fourth-order valence-electron chi connectivity index (χ4n) is 3.56. The predicted octanol–water partition coefficient (Wildman–Crippen LogP) is 5.80. The maximum absolute atomic E-state index is 14.3. The van der Waals surface area contributed by atoms with Gasteiger partial charge in [0.05, 0.1) is 17.5 Å². The number of hydrogen-bond donors (Lipinski definition) is 1. The molecule has 0 aliphatic rings. The number of rotatable bonds is 10. The molecule has 0 radical (unpaired) electrons. The van der Waals surface area contributed by atoms with Crippen LogP contribution in [0.15, 0.2) is 54.6 Å². The SMILES string of the molecule is Cc1ccc(CCC(=O)C(C)c2ccc(NS(C)(=O)=O)c(F)c2)c(OCc2ccc(C(F)(F)F)cc2)n1. The number of nitrogens with zero attached hydrogens (tertiary/aromatic N) is 1. The number of aryl methyl sites for hydroxylation is 2. The van der Waals surface area contributed by atoms with Crippen molar-refractivity contribution in [1.29, 1.82) is 0 Å². The molecule has 0 amide bonds. The molecular weight excluding hydrogens is 512 g/mol. The number of nitrogens with one attached hydrogen (secondary N) is 1. The monoisotopic (exact) mass is 538 g/mol. The number of halogens is 4. The Morgan fingerprint density at radius 1 is 1.08 bits per heavy atom. The first-order valence-electron chi connectivity index (χ1n) is 11.3. The Balaban J connectivity index is 1.65. The lowest BCUT2D eigenvalue weighted by Gasteiger charge is -2.15. The molecule has 11 heteroatoms. The van der Waals surface area contributed by atoms with Gasteiger partial charge in [-0.05, 0) is 54.8 Å². The molecule has 198 valence electrons. The summed E-state index contributed by atoms with van der Waals surface area (Å²) in [5.74, 6) is -1.32. The molecule has 1 atom stereocenters. The minimum Gasteiger partial charge on any atom is -0.473 e. The highest BCUT2D eigenvalue weighted by atomic mass is 32.2. The molecule has 0 saturated carbocycles. The number of ether oxygens (including phenoxy) is 1. The molecule has 0 aliphatic heterocycles. The lowest BCUT2D eigenvalue weighted by Crippen LogP contribution is -2.13. The first-order chi connectivity index (χ1) is 17.2. The van der Waals surface area contributed by atoms with Gasteiger partial charge in [0.2, 0.25) is 15.9 Å². The average Bonchev–Trinajstić information content (AvgIpc) is 2.81. The maximum atomic E-state index is 14.3. The van der Waals surface area contributed by atoms with Gasteiger partial charge in [-0.1, -0.05) is 31.2 Å².